The average molecular weight is 434 g/mol. The van der Waals surface area contributed by atoms with Crippen molar-refractivity contribution in [2.75, 3.05) is 0 Å². The van der Waals surface area contributed by atoms with Gasteiger partial charge in [-0.2, -0.15) is 0 Å². The van der Waals surface area contributed by atoms with E-state index >= 15 is 0 Å². The Kier molecular flexibility index (Phi) is 4.76. The van der Waals surface area contributed by atoms with E-state index in [1.165, 1.54) is 6.07 Å². The van der Waals surface area contributed by atoms with E-state index in [0.717, 1.165) is 3.57 Å². The molecule has 0 N–H and O–H groups in total. The Labute approximate surface area is 132 Å². The van der Waals surface area contributed by atoms with Gasteiger partial charge in [-0.15, -0.1) is 0 Å². The summed E-state index contributed by atoms with van der Waals surface area (Å²) in [7, 11) is 0. The Morgan fingerprint density at radius 3 is 2.53 bits per heavy atom. The fourth-order valence-electron chi connectivity index (χ4n) is 1.52. The average Bonchev–Trinajstić information content (AvgIpc) is 2.39. The zero-order valence-electron chi connectivity index (χ0n) is 9.68. The van der Waals surface area contributed by atoms with Gasteiger partial charge in [-0.1, -0.05) is 15.9 Å². The van der Waals surface area contributed by atoms with Gasteiger partial charge in [-0.25, -0.2) is 0 Å². The summed E-state index contributed by atoms with van der Waals surface area (Å²) in [5, 5.41) is 11.0. The molecule has 0 aromatic heterocycles. The minimum atomic E-state index is -0.405. The van der Waals surface area contributed by atoms with Crippen molar-refractivity contribution in [3.05, 3.63) is 66.2 Å². The van der Waals surface area contributed by atoms with Gasteiger partial charge in [0.1, 0.15) is 12.4 Å². The van der Waals surface area contributed by atoms with E-state index in [9.17, 15) is 10.1 Å². The van der Waals surface area contributed by atoms with E-state index in [1.54, 1.807) is 12.1 Å². The van der Waals surface area contributed by atoms with E-state index in [4.69, 9.17) is 4.74 Å². The highest BCUT2D eigenvalue weighted by Crippen LogP contribution is 2.25. The number of halogens is 2. The second kappa shape index (κ2) is 6.33. The molecule has 0 aliphatic carbocycles. The van der Waals surface area contributed by atoms with Crippen LogP contribution in [0.3, 0.4) is 0 Å². The van der Waals surface area contributed by atoms with Gasteiger partial charge in [0.25, 0.3) is 5.69 Å². The zero-order chi connectivity index (χ0) is 13.8. The molecule has 4 nitrogen and oxygen atoms in total. The molecule has 0 saturated heterocycles. The predicted molar refractivity (Wildman–Crippen MR) is 84.3 cm³/mol. The van der Waals surface area contributed by atoms with Gasteiger partial charge in [0.15, 0.2) is 0 Å². The van der Waals surface area contributed by atoms with Crippen molar-refractivity contribution in [1.29, 1.82) is 0 Å². The van der Waals surface area contributed by atoms with Crippen LogP contribution in [0.5, 0.6) is 5.75 Å². The predicted octanol–water partition coefficient (Wildman–Crippen LogP) is 4.54. The number of nitro groups is 1. The Morgan fingerprint density at radius 1 is 1.21 bits per heavy atom. The maximum absolute atomic E-state index is 11.0. The number of ether oxygens (including phenoxy) is 1. The van der Waals surface area contributed by atoms with Gasteiger partial charge in [0, 0.05) is 14.1 Å². The van der Waals surface area contributed by atoms with Crippen LogP contribution in [-0.2, 0) is 6.61 Å². The molecule has 2 aromatic rings. The highest BCUT2D eigenvalue weighted by Gasteiger charge is 2.14. The van der Waals surface area contributed by atoms with E-state index in [2.05, 4.69) is 38.5 Å². The van der Waals surface area contributed by atoms with Crippen molar-refractivity contribution >= 4 is 44.2 Å². The smallest absolute Gasteiger partial charge is 0.277 e. The highest BCUT2D eigenvalue weighted by molar-refractivity contribution is 14.1. The summed E-state index contributed by atoms with van der Waals surface area (Å²) in [6, 6.07) is 12.5. The monoisotopic (exact) mass is 433 g/mol. The standard InChI is InChI=1S/C13H9BrINO3/c14-10-2-1-9(13(7-10)16(17)18)8-19-12-5-3-11(15)4-6-12/h1-7H,8H2. The third-order valence-electron chi connectivity index (χ3n) is 2.45. The second-order valence-electron chi connectivity index (χ2n) is 3.77. The molecule has 19 heavy (non-hydrogen) atoms. The summed E-state index contributed by atoms with van der Waals surface area (Å²) in [5.74, 6) is 0.692. The number of rotatable bonds is 4. The second-order valence-corrected chi connectivity index (χ2v) is 5.93. The van der Waals surface area contributed by atoms with Crippen LogP contribution in [0.4, 0.5) is 5.69 Å². The molecular weight excluding hydrogens is 425 g/mol. The Morgan fingerprint density at radius 2 is 1.89 bits per heavy atom. The van der Waals surface area contributed by atoms with E-state index in [0.29, 0.717) is 15.8 Å². The van der Waals surface area contributed by atoms with Gasteiger partial charge >= 0.3 is 0 Å². The summed E-state index contributed by atoms with van der Waals surface area (Å²) in [6.07, 6.45) is 0. The molecule has 0 aliphatic heterocycles. The molecule has 2 rings (SSSR count). The first-order valence-electron chi connectivity index (χ1n) is 5.37. The van der Waals surface area contributed by atoms with Crippen LogP contribution in [0.15, 0.2) is 46.9 Å². The number of nitro benzene ring substituents is 1. The summed E-state index contributed by atoms with van der Waals surface area (Å²) in [5.41, 5.74) is 0.603. The van der Waals surface area contributed by atoms with Gasteiger partial charge in [-0.3, -0.25) is 10.1 Å². The van der Waals surface area contributed by atoms with Crippen LogP contribution in [0, 0.1) is 13.7 Å². The topological polar surface area (TPSA) is 52.4 Å². The van der Waals surface area contributed by atoms with Crippen LogP contribution in [0.1, 0.15) is 5.56 Å². The fourth-order valence-corrected chi connectivity index (χ4v) is 2.23. The lowest BCUT2D eigenvalue weighted by Gasteiger charge is -2.07. The normalized spacial score (nSPS) is 10.2. The fraction of sp³-hybridized carbons (Fsp3) is 0.0769. The highest BCUT2D eigenvalue weighted by atomic mass is 127. The van der Waals surface area contributed by atoms with Crippen molar-refractivity contribution in [1.82, 2.24) is 0 Å². The number of nitrogens with zero attached hydrogens (tertiary/aromatic N) is 1. The summed E-state index contributed by atoms with van der Waals surface area (Å²) < 4.78 is 7.34. The molecule has 0 spiro atoms. The zero-order valence-corrected chi connectivity index (χ0v) is 13.4. The molecule has 0 bridgehead atoms. The quantitative estimate of drug-likeness (QED) is 0.404. The van der Waals surface area contributed by atoms with Crippen LogP contribution in [-0.4, -0.2) is 4.92 Å². The molecule has 0 saturated carbocycles. The van der Waals surface area contributed by atoms with Crippen LogP contribution in [0.2, 0.25) is 0 Å². The SMILES string of the molecule is O=[N+]([O-])c1cc(Br)ccc1COc1ccc(I)cc1. The third-order valence-corrected chi connectivity index (χ3v) is 3.66. The van der Waals surface area contributed by atoms with Crippen molar-refractivity contribution in [2.24, 2.45) is 0 Å². The van der Waals surface area contributed by atoms with Gasteiger partial charge < -0.3 is 4.74 Å². The first-order chi connectivity index (χ1) is 9.06. The van der Waals surface area contributed by atoms with Crippen LogP contribution >= 0.6 is 38.5 Å². The molecule has 0 fully saturated rings. The molecule has 0 heterocycles. The van der Waals surface area contributed by atoms with Gasteiger partial charge in [0.2, 0.25) is 0 Å². The molecular formula is C13H9BrINO3. The van der Waals surface area contributed by atoms with Crippen LogP contribution < -0.4 is 4.74 Å². The lowest BCUT2D eigenvalue weighted by Crippen LogP contribution is -2.00. The maximum atomic E-state index is 11.0. The van der Waals surface area contributed by atoms with Crippen LogP contribution in [0.25, 0.3) is 0 Å². The number of hydrogen-bond acceptors (Lipinski definition) is 3. The first kappa shape index (κ1) is 14.3. The minimum absolute atomic E-state index is 0.0555. The van der Waals surface area contributed by atoms with Gasteiger partial charge in [0.05, 0.1) is 10.5 Å². The molecule has 98 valence electrons. The Balaban J connectivity index is 2.15. The molecule has 0 aliphatic rings. The number of hydrogen-bond donors (Lipinski definition) is 0. The van der Waals surface area contributed by atoms with E-state index in [-0.39, 0.29) is 12.3 Å². The Hall–Kier alpha value is -1.15. The summed E-state index contributed by atoms with van der Waals surface area (Å²) >= 11 is 5.43. The van der Waals surface area contributed by atoms with E-state index in [1.807, 2.05) is 24.3 Å². The molecule has 2 aromatic carbocycles. The maximum Gasteiger partial charge on any atom is 0.277 e. The van der Waals surface area contributed by atoms with Crippen molar-refractivity contribution in [3.63, 3.8) is 0 Å². The van der Waals surface area contributed by atoms with Crippen molar-refractivity contribution in [3.8, 4) is 5.75 Å². The number of benzene rings is 2. The molecule has 0 radical (unpaired) electrons. The first-order valence-corrected chi connectivity index (χ1v) is 7.24. The Bertz CT molecular complexity index is 601. The largest absolute Gasteiger partial charge is 0.489 e. The van der Waals surface area contributed by atoms with E-state index < -0.39 is 4.92 Å². The molecule has 6 heteroatoms. The summed E-state index contributed by atoms with van der Waals surface area (Å²) in [4.78, 5) is 10.6. The van der Waals surface area contributed by atoms with Crippen molar-refractivity contribution in [2.45, 2.75) is 6.61 Å². The molecule has 0 unspecified atom stereocenters. The lowest BCUT2D eigenvalue weighted by atomic mass is 10.2. The lowest BCUT2D eigenvalue weighted by molar-refractivity contribution is -0.385. The van der Waals surface area contributed by atoms with Crippen molar-refractivity contribution < 1.29 is 9.66 Å². The summed E-state index contributed by atoms with van der Waals surface area (Å²) in [6.45, 7) is 0.171. The third kappa shape index (κ3) is 3.90. The molecule has 0 amide bonds. The molecule has 0 atom stereocenters. The minimum Gasteiger partial charge on any atom is -0.489 e. The van der Waals surface area contributed by atoms with Gasteiger partial charge in [-0.05, 0) is 59.0 Å².